The lowest BCUT2D eigenvalue weighted by atomic mass is 9.57. The van der Waals surface area contributed by atoms with Crippen LogP contribution in [0.3, 0.4) is 0 Å². The molecule has 0 unspecified atom stereocenters. The molecular formula is C24H29N3O8. The van der Waals surface area contributed by atoms with Crippen LogP contribution in [0, 0.1) is 11.8 Å². The molecule has 1 aromatic rings. The number of aromatic hydroxyl groups is 1. The highest BCUT2D eigenvalue weighted by molar-refractivity contribution is 6.24. The first-order valence-corrected chi connectivity index (χ1v) is 10.5. The Morgan fingerprint density at radius 2 is 1.77 bits per heavy atom. The highest BCUT2D eigenvalue weighted by atomic mass is 16.3. The van der Waals surface area contributed by atoms with Crippen molar-refractivity contribution < 1.29 is 39.6 Å². The third-order valence-corrected chi connectivity index (χ3v) is 7.13. The highest BCUT2D eigenvalue weighted by Crippen LogP contribution is 2.53. The maximum atomic E-state index is 13.7. The van der Waals surface area contributed by atoms with Crippen LogP contribution < -0.4 is 11.5 Å². The number of hydrogen-bond acceptors (Lipinski definition) is 10. The summed E-state index contributed by atoms with van der Waals surface area (Å²) in [5, 5.41) is 43.9. The summed E-state index contributed by atoms with van der Waals surface area (Å²) >= 11 is 0. The summed E-state index contributed by atoms with van der Waals surface area (Å²) in [5.41, 5.74) is 7.23. The molecule has 3 aliphatic carbocycles. The van der Waals surface area contributed by atoms with Crippen LogP contribution in [0.1, 0.15) is 42.3 Å². The zero-order valence-electron chi connectivity index (χ0n) is 18.7. The van der Waals surface area contributed by atoms with Crippen LogP contribution in [-0.4, -0.2) is 74.3 Å². The number of Topliss-reactive ketones (excluding diaryl/α,β-unsaturated/α-hetero) is 3. The molecule has 11 heteroatoms. The number of phenols is 1. The van der Waals surface area contributed by atoms with Crippen molar-refractivity contribution in [3.63, 3.8) is 0 Å². The third kappa shape index (κ3) is 3.26. The normalized spacial score (nSPS) is 27.7. The molecule has 4 rings (SSSR count). The fourth-order valence-corrected chi connectivity index (χ4v) is 5.65. The van der Waals surface area contributed by atoms with E-state index in [1.165, 1.54) is 32.0 Å². The average molecular weight is 488 g/mol. The van der Waals surface area contributed by atoms with E-state index in [1.54, 1.807) is 0 Å². The van der Waals surface area contributed by atoms with E-state index >= 15 is 0 Å². The zero-order chi connectivity index (χ0) is 25.4. The molecule has 0 aliphatic heterocycles. The number of carbonyl (C=O) groups is 4. The Morgan fingerprint density at radius 1 is 1.17 bits per heavy atom. The number of benzene rings is 1. The van der Waals surface area contributed by atoms with Gasteiger partial charge < -0.3 is 31.9 Å². The van der Waals surface area contributed by atoms with E-state index in [0.29, 0.717) is 0 Å². The molecule has 0 saturated heterocycles. The van der Waals surface area contributed by atoms with Gasteiger partial charge in [-0.1, -0.05) is 7.43 Å². The molecule has 1 fully saturated rings. The van der Waals surface area contributed by atoms with Crippen molar-refractivity contribution in [3.05, 3.63) is 39.7 Å². The summed E-state index contributed by atoms with van der Waals surface area (Å²) in [7, 11) is 3.03. The topological polar surface area (TPSA) is 204 Å². The van der Waals surface area contributed by atoms with Gasteiger partial charge in [-0.15, -0.1) is 0 Å². The van der Waals surface area contributed by atoms with Crippen molar-refractivity contribution in [2.45, 2.75) is 38.8 Å². The number of carbonyl (C=O) groups excluding carboxylic acids is 4. The second kappa shape index (κ2) is 8.21. The summed E-state index contributed by atoms with van der Waals surface area (Å²) < 4.78 is 0. The minimum absolute atomic E-state index is 0. The number of nitrogens with two attached hydrogens (primary N) is 2. The molecule has 3 aliphatic rings. The SMILES string of the molecule is C.CC(=O)c1cc(N)c(O)c2c1C[C@H]1C[C@H]3[C@@H](N(C)C)C(=O)C(C(N)=O)=C(O)[C@@]3(O)C(=O)C1=C2O. The molecule has 11 nitrogen and oxygen atoms in total. The predicted octanol–water partition coefficient (Wildman–Crippen LogP) is 0.385. The van der Waals surface area contributed by atoms with Gasteiger partial charge in [-0.2, -0.15) is 0 Å². The van der Waals surface area contributed by atoms with Crippen LogP contribution in [0.2, 0.25) is 0 Å². The Labute approximate surface area is 201 Å². The maximum Gasteiger partial charge on any atom is 0.255 e. The molecule has 4 atom stereocenters. The van der Waals surface area contributed by atoms with E-state index in [1.807, 2.05) is 0 Å². The summed E-state index contributed by atoms with van der Waals surface area (Å²) in [4.78, 5) is 52.3. The second-order valence-electron chi connectivity index (χ2n) is 9.23. The van der Waals surface area contributed by atoms with Crippen molar-refractivity contribution in [3.8, 4) is 5.75 Å². The van der Waals surface area contributed by atoms with E-state index in [-0.39, 0.29) is 54.0 Å². The molecule has 188 valence electrons. The number of nitrogen functional groups attached to an aromatic ring is 1. The minimum Gasteiger partial charge on any atom is -0.508 e. The van der Waals surface area contributed by atoms with Crippen molar-refractivity contribution in [2.24, 2.45) is 17.6 Å². The van der Waals surface area contributed by atoms with Gasteiger partial charge in [0.05, 0.1) is 17.3 Å². The van der Waals surface area contributed by atoms with Crippen molar-refractivity contribution in [2.75, 3.05) is 19.8 Å². The van der Waals surface area contributed by atoms with E-state index < -0.39 is 63.8 Å². The fraction of sp³-hybridized carbons (Fsp3) is 0.417. The largest absolute Gasteiger partial charge is 0.508 e. The molecular weight excluding hydrogens is 458 g/mol. The van der Waals surface area contributed by atoms with E-state index in [0.717, 1.165) is 0 Å². The predicted molar refractivity (Wildman–Crippen MR) is 125 cm³/mol. The number of rotatable bonds is 3. The van der Waals surface area contributed by atoms with Gasteiger partial charge in [0.2, 0.25) is 5.78 Å². The molecule has 0 heterocycles. The Kier molecular flexibility index (Phi) is 6.08. The number of ketones is 3. The zero-order valence-corrected chi connectivity index (χ0v) is 18.7. The van der Waals surface area contributed by atoms with Gasteiger partial charge in [0, 0.05) is 17.1 Å². The van der Waals surface area contributed by atoms with Gasteiger partial charge in [-0.05, 0) is 51.4 Å². The van der Waals surface area contributed by atoms with Gasteiger partial charge in [0.15, 0.2) is 17.2 Å². The molecule has 1 aromatic carbocycles. The maximum absolute atomic E-state index is 13.7. The van der Waals surface area contributed by atoms with Crippen LogP contribution in [0.4, 0.5) is 5.69 Å². The van der Waals surface area contributed by atoms with Gasteiger partial charge >= 0.3 is 0 Å². The smallest absolute Gasteiger partial charge is 0.255 e. The first-order valence-electron chi connectivity index (χ1n) is 10.5. The Morgan fingerprint density at radius 3 is 2.29 bits per heavy atom. The molecule has 0 radical (unpaired) electrons. The lowest BCUT2D eigenvalue weighted by Gasteiger charge is -2.50. The van der Waals surface area contributed by atoms with Crippen molar-refractivity contribution in [1.29, 1.82) is 0 Å². The number of hydrogen-bond donors (Lipinski definition) is 6. The quantitative estimate of drug-likeness (QED) is 0.150. The molecule has 8 N–H and O–H groups in total. The number of fused-ring (bicyclic) bond motifs is 3. The summed E-state index contributed by atoms with van der Waals surface area (Å²) in [5.74, 6) is -7.97. The van der Waals surface area contributed by atoms with Gasteiger partial charge in [0.1, 0.15) is 22.8 Å². The van der Waals surface area contributed by atoms with Crippen molar-refractivity contribution in [1.82, 2.24) is 4.90 Å². The molecule has 0 aromatic heterocycles. The standard InChI is InChI=1S/C23H25N3O8.CH4/c1-7(27)9-6-12(24)17(28)14-10(9)4-8-5-11-16(26(2)3)19(30)15(22(25)33)21(32)23(11,34)20(31)13(8)18(14)29;/h6,8,11,16,28-29,32,34H,4-5,24H2,1-3H3,(H2,25,33);1H4/t8-,11-,16+,23-;/m0./s1. The number of phenolic OH excluding ortho intramolecular Hbond substituents is 1. The number of nitrogens with zero attached hydrogens (tertiary/aromatic N) is 1. The van der Waals surface area contributed by atoms with E-state index in [2.05, 4.69) is 0 Å². The number of amides is 1. The number of likely N-dealkylation sites (N-methyl/N-ethyl adjacent to an activating group) is 1. The number of primary amides is 1. The van der Waals surface area contributed by atoms with Crippen LogP contribution >= 0.6 is 0 Å². The van der Waals surface area contributed by atoms with Crippen LogP contribution in [-0.2, 0) is 20.8 Å². The lowest BCUT2D eigenvalue weighted by Crippen LogP contribution is -2.65. The van der Waals surface area contributed by atoms with E-state index in [4.69, 9.17) is 11.5 Å². The second-order valence-corrected chi connectivity index (χ2v) is 9.23. The molecule has 0 spiro atoms. The third-order valence-electron chi connectivity index (χ3n) is 7.13. The highest BCUT2D eigenvalue weighted by Gasteiger charge is 2.64. The van der Waals surface area contributed by atoms with Crippen LogP contribution in [0.15, 0.2) is 23.0 Å². The molecule has 0 bridgehead atoms. The Bertz CT molecular complexity index is 1260. The monoisotopic (exact) mass is 487 g/mol. The van der Waals surface area contributed by atoms with Crippen molar-refractivity contribution >= 4 is 34.7 Å². The Hall–Kier alpha value is -3.70. The lowest BCUT2D eigenvalue weighted by molar-refractivity contribution is -0.153. The summed E-state index contributed by atoms with van der Waals surface area (Å²) in [6.45, 7) is 1.29. The van der Waals surface area contributed by atoms with Gasteiger partial charge in [-0.25, -0.2) is 0 Å². The number of aliphatic hydroxyl groups excluding tert-OH is 2. The fourth-order valence-electron chi connectivity index (χ4n) is 5.65. The molecule has 1 saturated carbocycles. The molecule has 35 heavy (non-hydrogen) atoms. The van der Waals surface area contributed by atoms with Gasteiger partial charge in [-0.3, -0.25) is 24.1 Å². The molecule has 1 amide bonds. The minimum atomic E-state index is -2.72. The first-order chi connectivity index (χ1) is 15.7. The number of aliphatic hydroxyl groups is 3. The van der Waals surface area contributed by atoms with Crippen LogP contribution in [0.25, 0.3) is 5.76 Å². The first kappa shape index (κ1) is 25.9. The average Bonchev–Trinajstić information content (AvgIpc) is 2.72. The summed E-state index contributed by atoms with van der Waals surface area (Å²) in [6, 6.07) is 0.112. The number of anilines is 1. The van der Waals surface area contributed by atoms with Crippen LogP contribution in [0.5, 0.6) is 5.75 Å². The summed E-state index contributed by atoms with van der Waals surface area (Å²) in [6.07, 6.45) is -0.0362. The Balaban J connectivity index is 0.00000342. The van der Waals surface area contributed by atoms with E-state index in [9.17, 15) is 39.6 Å². The van der Waals surface area contributed by atoms with Gasteiger partial charge in [0.25, 0.3) is 5.91 Å².